The smallest absolute Gasteiger partial charge is 0.338 e. The van der Waals surface area contributed by atoms with Gasteiger partial charge in [-0.2, -0.15) is 0 Å². The maximum Gasteiger partial charge on any atom is 0.338 e. The van der Waals surface area contributed by atoms with E-state index in [4.69, 9.17) is 32.7 Å². The first-order valence-electron chi connectivity index (χ1n) is 13.1. The molecule has 0 spiro atoms. The third-order valence-electron chi connectivity index (χ3n) is 7.18. The summed E-state index contributed by atoms with van der Waals surface area (Å²) in [7, 11) is 1.88. The molecule has 2 aliphatic rings. The summed E-state index contributed by atoms with van der Waals surface area (Å²) in [6.07, 6.45) is -4.16. The number of aliphatic hydroxyl groups is 4. The van der Waals surface area contributed by atoms with Gasteiger partial charge in [0, 0.05) is 12.3 Å². The van der Waals surface area contributed by atoms with Crippen molar-refractivity contribution in [2.24, 2.45) is 5.92 Å². The number of halogens is 2. The maximum absolute atomic E-state index is 13.1. The lowest BCUT2D eigenvalue weighted by molar-refractivity contribution is -0.211. The Morgan fingerprint density at radius 2 is 1.92 bits per heavy atom. The topological polar surface area (TPSA) is 149 Å². The van der Waals surface area contributed by atoms with E-state index in [9.17, 15) is 30.0 Å². The van der Waals surface area contributed by atoms with E-state index in [1.54, 1.807) is 0 Å². The highest BCUT2D eigenvalue weighted by Gasteiger charge is 2.48. The highest BCUT2D eigenvalue weighted by atomic mass is 35.5. The number of thioether (sulfide) groups is 1. The number of nitrogens with zero attached hydrogens (tertiary/aromatic N) is 1. The van der Waals surface area contributed by atoms with Crippen LogP contribution in [0.2, 0.25) is 10.0 Å². The highest BCUT2D eigenvalue weighted by molar-refractivity contribution is 7.99. The number of hydrogen-bond acceptors (Lipinski definition) is 10. The van der Waals surface area contributed by atoms with E-state index >= 15 is 0 Å². The summed E-state index contributed by atoms with van der Waals surface area (Å²) in [5, 5.41) is 45.6. The molecular weight excluding hydrogens is 571 g/mol. The second-order valence-corrected chi connectivity index (χ2v) is 12.2. The first-order chi connectivity index (χ1) is 18.4. The Morgan fingerprint density at radius 3 is 2.56 bits per heavy atom. The maximum atomic E-state index is 13.1. The van der Waals surface area contributed by atoms with Gasteiger partial charge in [0.1, 0.15) is 36.5 Å². The van der Waals surface area contributed by atoms with E-state index < -0.39 is 48.0 Å². The van der Waals surface area contributed by atoms with Crippen molar-refractivity contribution in [3.05, 3.63) is 33.8 Å². The van der Waals surface area contributed by atoms with Gasteiger partial charge in [-0.05, 0) is 50.9 Å². The third-order valence-corrected chi connectivity index (χ3v) is 9.04. The van der Waals surface area contributed by atoms with Crippen molar-refractivity contribution in [2.45, 2.75) is 81.1 Å². The van der Waals surface area contributed by atoms with Crippen molar-refractivity contribution in [3.8, 4) is 0 Å². The molecule has 39 heavy (non-hydrogen) atoms. The van der Waals surface area contributed by atoms with E-state index in [0.717, 1.165) is 31.1 Å². The van der Waals surface area contributed by atoms with Gasteiger partial charge in [-0.1, -0.05) is 36.5 Å². The molecule has 2 heterocycles. The van der Waals surface area contributed by atoms with E-state index in [0.29, 0.717) is 17.4 Å². The lowest BCUT2D eigenvalue weighted by Crippen LogP contribution is -2.65. The van der Waals surface area contributed by atoms with Crippen LogP contribution in [0.4, 0.5) is 0 Å². The molecule has 1 aromatic carbocycles. The monoisotopic (exact) mass is 608 g/mol. The number of carbonyl (C=O) groups excluding carboxylic acids is 2. The Labute approximate surface area is 242 Å². The van der Waals surface area contributed by atoms with Crippen LogP contribution in [0.5, 0.6) is 0 Å². The number of hydrogen-bond donors (Lipinski definition) is 5. The second kappa shape index (κ2) is 14.7. The van der Waals surface area contributed by atoms with Gasteiger partial charge < -0.3 is 35.2 Å². The summed E-state index contributed by atoms with van der Waals surface area (Å²) in [6, 6.07) is 2.95. The largest absolute Gasteiger partial charge is 0.461 e. The van der Waals surface area contributed by atoms with Gasteiger partial charge in [-0.15, -0.1) is 11.8 Å². The average molecular weight is 610 g/mol. The fourth-order valence-electron chi connectivity index (χ4n) is 5.08. The zero-order valence-corrected chi connectivity index (χ0v) is 24.5. The van der Waals surface area contributed by atoms with E-state index in [2.05, 4.69) is 12.2 Å². The summed E-state index contributed by atoms with van der Waals surface area (Å²) in [4.78, 5) is 27.4. The van der Waals surface area contributed by atoms with Crippen molar-refractivity contribution < 1.29 is 39.5 Å². The minimum atomic E-state index is -1.58. The Bertz CT molecular complexity index is 989. The molecule has 3 rings (SSSR count). The number of benzene rings is 1. The molecule has 0 unspecified atom stereocenters. The third kappa shape index (κ3) is 8.21. The number of rotatable bonds is 11. The molecule has 220 valence electrons. The standard InChI is InChI=1S/C26H38Cl2N2O8S/c1-4-5-14-10-18(30(3)12-14)24(35)29-19(13(2)31)23-21(33)20(32)22(34)26(38-23)39-9-8-37-25(36)15-6-7-16(27)17(28)11-15/h6-7,11,13-14,18-23,26,31-34H,4-5,8-10,12H2,1-3H3,(H,29,35)/t13-,14-,18+,19-,20+,21-,22-,23-,26-/m1/s1. The molecular formula is C26H38Cl2N2O8S. The molecule has 0 aromatic heterocycles. The van der Waals surface area contributed by atoms with E-state index in [1.165, 1.54) is 25.1 Å². The molecule has 13 heteroatoms. The molecule has 0 saturated carbocycles. The van der Waals surface area contributed by atoms with Gasteiger partial charge in [0.2, 0.25) is 5.91 Å². The predicted octanol–water partition coefficient (Wildman–Crippen LogP) is 1.68. The first kappa shape index (κ1) is 32.4. The SMILES string of the molecule is CCC[C@@H]1C[C@@H](C(=O)N[C@@H]([C@H]2O[C@H](SCCOC(=O)c3ccc(Cl)c(Cl)c3)[C@H](O)[C@@H](O)[C@H]2O)[C@@H](C)O)N(C)C1. The van der Waals surface area contributed by atoms with Crippen molar-refractivity contribution in [1.29, 1.82) is 0 Å². The minimum Gasteiger partial charge on any atom is -0.461 e. The molecule has 1 aromatic rings. The van der Waals surface area contributed by atoms with Gasteiger partial charge in [0.05, 0.1) is 33.8 Å². The molecule has 0 bridgehead atoms. The average Bonchev–Trinajstić information content (AvgIpc) is 3.26. The lowest BCUT2D eigenvalue weighted by atomic mass is 9.92. The van der Waals surface area contributed by atoms with Crippen LogP contribution in [0, 0.1) is 5.92 Å². The molecule has 10 nitrogen and oxygen atoms in total. The zero-order valence-electron chi connectivity index (χ0n) is 22.2. The minimum absolute atomic E-state index is 0.0385. The number of esters is 1. The normalized spacial score (nSPS) is 31.1. The number of aliphatic hydroxyl groups excluding tert-OH is 4. The summed E-state index contributed by atoms with van der Waals surface area (Å²) in [6.45, 7) is 4.32. The Morgan fingerprint density at radius 1 is 1.21 bits per heavy atom. The number of ether oxygens (including phenoxy) is 2. The van der Waals surface area contributed by atoms with Crippen molar-refractivity contribution in [1.82, 2.24) is 10.2 Å². The fraction of sp³-hybridized carbons (Fsp3) is 0.692. The molecule has 2 fully saturated rings. The van der Waals surface area contributed by atoms with Crippen LogP contribution in [0.1, 0.15) is 43.5 Å². The van der Waals surface area contributed by atoms with Gasteiger partial charge in [0.15, 0.2) is 0 Å². The summed E-state index contributed by atoms with van der Waals surface area (Å²) < 4.78 is 11.2. The van der Waals surface area contributed by atoms with Crippen LogP contribution in [0.25, 0.3) is 0 Å². The van der Waals surface area contributed by atoms with Gasteiger partial charge in [-0.3, -0.25) is 9.69 Å². The fourth-order valence-corrected chi connectivity index (χ4v) is 6.36. The van der Waals surface area contributed by atoms with Crippen LogP contribution in [-0.4, -0.2) is 111 Å². The van der Waals surface area contributed by atoms with Crippen LogP contribution in [-0.2, 0) is 14.3 Å². The second-order valence-electron chi connectivity index (χ2n) is 10.2. The summed E-state index contributed by atoms with van der Waals surface area (Å²) >= 11 is 12.9. The highest BCUT2D eigenvalue weighted by Crippen LogP contribution is 2.32. The van der Waals surface area contributed by atoms with Gasteiger partial charge in [0.25, 0.3) is 0 Å². The van der Waals surface area contributed by atoms with Crippen molar-refractivity contribution in [3.63, 3.8) is 0 Å². The molecule has 0 aliphatic carbocycles. The summed E-state index contributed by atoms with van der Waals surface area (Å²) in [5.74, 6) is -0.304. The number of amides is 1. The number of carbonyl (C=O) groups is 2. The Hall–Kier alpha value is -1.15. The molecule has 9 atom stereocenters. The van der Waals surface area contributed by atoms with Crippen molar-refractivity contribution >= 4 is 46.8 Å². The number of likely N-dealkylation sites (tertiary alicyclic amines) is 1. The van der Waals surface area contributed by atoms with Crippen LogP contribution >= 0.6 is 35.0 Å². The molecule has 2 saturated heterocycles. The summed E-state index contributed by atoms with van der Waals surface area (Å²) in [5.41, 5.74) is -0.787. The molecule has 0 radical (unpaired) electrons. The molecule has 5 N–H and O–H groups in total. The molecule has 1 amide bonds. The first-order valence-corrected chi connectivity index (χ1v) is 14.9. The molecule has 2 aliphatic heterocycles. The van der Waals surface area contributed by atoms with Gasteiger partial charge >= 0.3 is 5.97 Å². The van der Waals surface area contributed by atoms with Crippen LogP contribution < -0.4 is 5.32 Å². The van der Waals surface area contributed by atoms with E-state index in [1.807, 2.05) is 11.9 Å². The zero-order chi connectivity index (χ0) is 28.9. The Balaban J connectivity index is 1.59. The quantitative estimate of drug-likeness (QED) is 0.185. The number of nitrogens with one attached hydrogen (secondary N) is 1. The Kier molecular flexibility index (Phi) is 12.2. The van der Waals surface area contributed by atoms with Crippen LogP contribution in [0.15, 0.2) is 18.2 Å². The predicted molar refractivity (Wildman–Crippen MR) is 149 cm³/mol. The van der Waals surface area contributed by atoms with Crippen molar-refractivity contribution in [2.75, 3.05) is 26.0 Å². The van der Waals surface area contributed by atoms with Crippen LogP contribution in [0.3, 0.4) is 0 Å². The lowest BCUT2D eigenvalue weighted by Gasteiger charge is -2.44. The van der Waals surface area contributed by atoms with E-state index in [-0.39, 0.29) is 34.9 Å². The van der Waals surface area contributed by atoms with Gasteiger partial charge in [-0.25, -0.2) is 4.79 Å². The number of likely N-dealkylation sites (N-methyl/N-ethyl adjacent to an activating group) is 1.